The fourth-order valence-electron chi connectivity index (χ4n) is 3.32. The Balaban J connectivity index is 1.53. The first-order valence-electron chi connectivity index (χ1n) is 7.46. The lowest BCUT2D eigenvalue weighted by molar-refractivity contribution is -0.128. The second kappa shape index (κ2) is 6.86. The van der Waals surface area contributed by atoms with Crippen LogP contribution in [-0.4, -0.2) is 53.3 Å². The van der Waals surface area contributed by atoms with Crippen molar-refractivity contribution in [2.24, 2.45) is 11.8 Å². The summed E-state index contributed by atoms with van der Waals surface area (Å²) in [5.41, 5.74) is 0. The molecule has 7 nitrogen and oxygen atoms in total. The van der Waals surface area contributed by atoms with Gasteiger partial charge in [-0.05, 0) is 17.9 Å². The maximum atomic E-state index is 12.1. The third kappa shape index (κ3) is 3.43. The van der Waals surface area contributed by atoms with Crippen LogP contribution in [0.4, 0.5) is 0 Å². The molecule has 1 aromatic rings. The number of amides is 1. The van der Waals surface area contributed by atoms with Crippen LogP contribution in [0.2, 0.25) is 0 Å². The van der Waals surface area contributed by atoms with Crippen LogP contribution in [0.15, 0.2) is 21.7 Å². The number of fused-ring (bicyclic) bond motifs is 1. The number of carbonyl (C=O) groups is 1. The van der Waals surface area contributed by atoms with E-state index in [0.29, 0.717) is 19.1 Å². The molecule has 23 heavy (non-hydrogen) atoms. The van der Waals surface area contributed by atoms with Crippen LogP contribution in [0.3, 0.4) is 0 Å². The van der Waals surface area contributed by atoms with Crippen molar-refractivity contribution in [1.29, 1.82) is 0 Å². The zero-order valence-corrected chi connectivity index (χ0v) is 14.4. The Labute approximate surface area is 139 Å². The molecule has 0 spiro atoms. The molecule has 9 heteroatoms. The SMILES string of the molecule is COC[C@H]1[C@@H](NC(=O)CNS(=O)(=O)c2cccs2)[C@H]2CCO[C@H]21. The van der Waals surface area contributed by atoms with E-state index < -0.39 is 10.0 Å². The molecule has 1 aliphatic carbocycles. The normalized spacial score (nSPS) is 29.8. The van der Waals surface area contributed by atoms with Crippen molar-refractivity contribution in [2.45, 2.75) is 22.8 Å². The van der Waals surface area contributed by atoms with Crippen molar-refractivity contribution < 1.29 is 22.7 Å². The molecule has 0 bridgehead atoms. The van der Waals surface area contributed by atoms with E-state index in [2.05, 4.69) is 10.0 Å². The van der Waals surface area contributed by atoms with Gasteiger partial charge < -0.3 is 14.8 Å². The van der Waals surface area contributed by atoms with Gasteiger partial charge in [-0.25, -0.2) is 13.1 Å². The lowest BCUT2D eigenvalue weighted by Gasteiger charge is -2.47. The number of hydrogen-bond donors (Lipinski definition) is 2. The molecule has 1 saturated heterocycles. The molecule has 1 saturated carbocycles. The largest absolute Gasteiger partial charge is 0.384 e. The number of methoxy groups -OCH3 is 1. The molecule has 1 aliphatic heterocycles. The van der Waals surface area contributed by atoms with E-state index in [0.717, 1.165) is 17.8 Å². The minimum Gasteiger partial charge on any atom is -0.384 e. The zero-order valence-electron chi connectivity index (χ0n) is 12.7. The third-order valence-electron chi connectivity index (χ3n) is 4.40. The van der Waals surface area contributed by atoms with Gasteiger partial charge in [0.1, 0.15) is 4.21 Å². The van der Waals surface area contributed by atoms with Crippen molar-refractivity contribution in [2.75, 3.05) is 26.9 Å². The van der Waals surface area contributed by atoms with E-state index in [4.69, 9.17) is 9.47 Å². The van der Waals surface area contributed by atoms with E-state index in [1.165, 1.54) is 6.07 Å². The number of rotatable bonds is 7. The van der Waals surface area contributed by atoms with Gasteiger partial charge in [-0.2, -0.15) is 0 Å². The van der Waals surface area contributed by atoms with E-state index in [9.17, 15) is 13.2 Å². The van der Waals surface area contributed by atoms with Gasteiger partial charge in [0.05, 0.1) is 19.3 Å². The maximum absolute atomic E-state index is 12.1. The summed E-state index contributed by atoms with van der Waals surface area (Å²) >= 11 is 1.12. The zero-order chi connectivity index (χ0) is 16.4. The highest BCUT2D eigenvalue weighted by Gasteiger charge is 2.54. The Hall–Kier alpha value is -1.00. The van der Waals surface area contributed by atoms with Gasteiger partial charge in [0.2, 0.25) is 5.91 Å². The first-order valence-corrected chi connectivity index (χ1v) is 9.82. The predicted molar refractivity (Wildman–Crippen MR) is 84.7 cm³/mol. The molecule has 1 amide bonds. The highest BCUT2D eigenvalue weighted by atomic mass is 32.2. The van der Waals surface area contributed by atoms with Crippen molar-refractivity contribution in [3.63, 3.8) is 0 Å². The number of ether oxygens (including phenoxy) is 2. The standard InChI is InChI=1S/C14H20N2O5S2/c1-20-8-10-13(9-4-5-21-14(9)10)16-11(17)7-15-23(18,19)12-3-2-6-22-12/h2-3,6,9-10,13-15H,4-5,7-8H2,1H3,(H,16,17)/t9-,10+,13+,14-/m1/s1. The van der Waals surface area contributed by atoms with Gasteiger partial charge in [0.15, 0.2) is 0 Å². The Kier molecular flexibility index (Phi) is 5.02. The predicted octanol–water partition coefficient (Wildman–Crippen LogP) is 0.193. The second-order valence-electron chi connectivity index (χ2n) is 5.76. The smallest absolute Gasteiger partial charge is 0.250 e. The molecule has 0 unspecified atom stereocenters. The molecule has 2 aliphatic rings. The Morgan fingerprint density at radius 2 is 2.35 bits per heavy atom. The summed E-state index contributed by atoms with van der Waals surface area (Å²) in [5, 5.41) is 4.60. The van der Waals surface area contributed by atoms with Gasteiger partial charge in [-0.15, -0.1) is 11.3 Å². The number of carbonyl (C=O) groups excluding carboxylic acids is 1. The van der Waals surface area contributed by atoms with Crippen LogP contribution in [0.5, 0.6) is 0 Å². The summed E-state index contributed by atoms with van der Waals surface area (Å²) in [4.78, 5) is 12.1. The summed E-state index contributed by atoms with van der Waals surface area (Å²) < 4.78 is 37.4. The van der Waals surface area contributed by atoms with Gasteiger partial charge in [0.25, 0.3) is 10.0 Å². The van der Waals surface area contributed by atoms with Gasteiger partial charge in [-0.3, -0.25) is 4.79 Å². The van der Waals surface area contributed by atoms with Crippen LogP contribution < -0.4 is 10.0 Å². The van der Waals surface area contributed by atoms with Gasteiger partial charge in [0, 0.05) is 31.6 Å². The summed E-state index contributed by atoms with van der Waals surface area (Å²) in [7, 11) is -2.00. The molecular formula is C14H20N2O5S2. The van der Waals surface area contributed by atoms with Crippen molar-refractivity contribution in [1.82, 2.24) is 10.0 Å². The summed E-state index contributed by atoms with van der Waals surface area (Å²) in [6, 6.07) is 3.15. The Morgan fingerprint density at radius 1 is 1.52 bits per heavy atom. The van der Waals surface area contributed by atoms with Crippen LogP contribution in [0, 0.1) is 11.8 Å². The van der Waals surface area contributed by atoms with Crippen LogP contribution in [-0.2, 0) is 24.3 Å². The minimum atomic E-state index is -3.62. The van der Waals surface area contributed by atoms with Gasteiger partial charge in [-0.1, -0.05) is 6.07 Å². The Bertz CT molecular complexity index is 646. The molecule has 128 valence electrons. The first-order chi connectivity index (χ1) is 11.0. The fourth-order valence-corrected chi connectivity index (χ4v) is 5.34. The van der Waals surface area contributed by atoms with Crippen LogP contribution in [0.25, 0.3) is 0 Å². The maximum Gasteiger partial charge on any atom is 0.250 e. The Morgan fingerprint density at radius 3 is 3.04 bits per heavy atom. The number of hydrogen-bond acceptors (Lipinski definition) is 6. The molecule has 2 heterocycles. The van der Waals surface area contributed by atoms with E-state index in [-0.39, 0.29) is 34.7 Å². The monoisotopic (exact) mass is 360 g/mol. The van der Waals surface area contributed by atoms with Crippen molar-refractivity contribution in [3.8, 4) is 0 Å². The fraction of sp³-hybridized carbons (Fsp3) is 0.643. The second-order valence-corrected chi connectivity index (χ2v) is 8.70. The number of thiophene rings is 1. The van der Waals surface area contributed by atoms with Crippen molar-refractivity contribution >= 4 is 27.3 Å². The molecule has 0 aromatic carbocycles. The number of nitrogens with one attached hydrogen (secondary N) is 2. The summed E-state index contributed by atoms with van der Waals surface area (Å²) in [5.74, 6) is 0.0972. The van der Waals surface area contributed by atoms with Crippen LogP contribution in [0.1, 0.15) is 6.42 Å². The quantitative estimate of drug-likeness (QED) is 0.724. The molecule has 2 fully saturated rings. The van der Waals surface area contributed by atoms with Crippen LogP contribution >= 0.6 is 11.3 Å². The minimum absolute atomic E-state index is 0.0128. The topological polar surface area (TPSA) is 93.7 Å². The summed E-state index contributed by atoms with van der Waals surface area (Å²) in [6.45, 7) is 0.953. The molecule has 4 atom stereocenters. The van der Waals surface area contributed by atoms with Gasteiger partial charge >= 0.3 is 0 Å². The first kappa shape index (κ1) is 16.8. The van der Waals surface area contributed by atoms with E-state index in [1.807, 2.05) is 0 Å². The molecule has 0 radical (unpaired) electrons. The highest BCUT2D eigenvalue weighted by molar-refractivity contribution is 7.91. The van der Waals surface area contributed by atoms with E-state index >= 15 is 0 Å². The van der Waals surface area contributed by atoms with Crippen molar-refractivity contribution in [3.05, 3.63) is 17.5 Å². The average Bonchev–Trinajstić information content (AvgIpc) is 3.18. The number of sulfonamides is 1. The summed E-state index contributed by atoms with van der Waals surface area (Å²) in [6.07, 6.45) is 1.06. The highest BCUT2D eigenvalue weighted by Crippen LogP contribution is 2.43. The molecule has 3 rings (SSSR count). The molecular weight excluding hydrogens is 340 g/mol. The molecule has 1 aromatic heterocycles. The third-order valence-corrected chi connectivity index (χ3v) is 7.20. The lowest BCUT2D eigenvalue weighted by Crippen LogP contribution is -2.63. The van der Waals surface area contributed by atoms with E-state index in [1.54, 1.807) is 18.6 Å². The molecule has 2 N–H and O–H groups in total. The lowest BCUT2D eigenvalue weighted by atomic mass is 9.67. The average molecular weight is 360 g/mol.